The van der Waals surface area contributed by atoms with E-state index >= 15 is 0 Å². The summed E-state index contributed by atoms with van der Waals surface area (Å²) in [5.41, 5.74) is 2.92. The number of fused-ring (bicyclic) bond motifs is 1. The molecule has 3 aromatic rings. The number of nitrogens with zero attached hydrogens (tertiary/aromatic N) is 1. The Balaban J connectivity index is 1.82. The summed E-state index contributed by atoms with van der Waals surface area (Å²) >= 11 is 0. The highest BCUT2D eigenvalue weighted by atomic mass is 19.1. The standard InChI is InChI=1S/C19H15FN2O/c1-13-8-10-15-5-3-7-17(19(15)21-13)22-18(23)11-9-14-4-2-6-16(20)12-14/h2-12H,1H3,(H,22,23)/b11-9+. The van der Waals surface area contributed by atoms with Crippen molar-refractivity contribution in [1.29, 1.82) is 0 Å². The van der Waals surface area contributed by atoms with Gasteiger partial charge in [-0.15, -0.1) is 0 Å². The summed E-state index contributed by atoms with van der Waals surface area (Å²) in [4.78, 5) is 16.6. The van der Waals surface area contributed by atoms with Gasteiger partial charge < -0.3 is 5.32 Å². The first-order chi connectivity index (χ1) is 11.1. The smallest absolute Gasteiger partial charge is 0.248 e. The van der Waals surface area contributed by atoms with Crippen molar-refractivity contribution in [2.45, 2.75) is 6.92 Å². The summed E-state index contributed by atoms with van der Waals surface area (Å²) in [5.74, 6) is -0.619. The fourth-order valence-electron chi connectivity index (χ4n) is 2.30. The molecular weight excluding hydrogens is 291 g/mol. The number of pyridine rings is 1. The van der Waals surface area contributed by atoms with Gasteiger partial charge in [-0.2, -0.15) is 0 Å². The molecule has 1 aromatic heterocycles. The molecule has 0 aliphatic heterocycles. The molecule has 0 aliphatic rings. The van der Waals surface area contributed by atoms with Crippen LogP contribution in [0.5, 0.6) is 0 Å². The largest absolute Gasteiger partial charge is 0.321 e. The Kier molecular flexibility index (Phi) is 4.15. The molecule has 3 nitrogen and oxygen atoms in total. The highest BCUT2D eigenvalue weighted by Crippen LogP contribution is 2.21. The Bertz CT molecular complexity index is 903. The Hall–Kier alpha value is -3.01. The van der Waals surface area contributed by atoms with Crippen molar-refractivity contribution < 1.29 is 9.18 Å². The maximum Gasteiger partial charge on any atom is 0.248 e. The average Bonchev–Trinajstić information content (AvgIpc) is 2.54. The van der Waals surface area contributed by atoms with Gasteiger partial charge in [-0.25, -0.2) is 4.39 Å². The number of hydrogen-bond acceptors (Lipinski definition) is 2. The second-order valence-electron chi connectivity index (χ2n) is 5.21. The molecule has 0 spiro atoms. The van der Waals surface area contributed by atoms with E-state index in [1.807, 2.05) is 37.3 Å². The monoisotopic (exact) mass is 306 g/mol. The highest BCUT2D eigenvalue weighted by molar-refractivity contribution is 6.06. The van der Waals surface area contributed by atoms with Gasteiger partial charge in [0.2, 0.25) is 5.91 Å². The third-order valence-electron chi connectivity index (χ3n) is 3.39. The van der Waals surface area contributed by atoms with Crippen LogP contribution in [0.15, 0.2) is 60.7 Å². The molecule has 0 saturated carbocycles. The molecule has 1 amide bonds. The molecule has 0 aliphatic carbocycles. The molecule has 2 aromatic carbocycles. The van der Waals surface area contributed by atoms with Crippen molar-refractivity contribution in [2.75, 3.05) is 5.32 Å². The molecule has 0 bridgehead atoms. The van der Waals surface area contributed by atoms with Crippen LogP contribution in [0.4, 0.5) is 10.1 Å². The summed E-state index contributed by atoms with van der Waals surface area (Å²) < 4.78 is 13.1. The van der Waals surface area contributed by atoms with E-state index in [1.54, 1.807) is 18.2 Å². The van der Waals surface area contributed by atoms with Crippen LogP contribution in [0.3, 0.4) is 0 Å². The number of carbonyl (C=O) groups is 1. The zero-order valence-corrected chi connectivity index (χ0v) is 12.6. The lowest BCUT2D eigenvalue weighted by Gasteiger charge is -2.07. The summed E-state index contributed by atoms with van der Waals surface area (Å²) in [6, 6.07) is 15.6. The lowest BCUT2D eigenvalue weighted by atomic mass is 10.1. The van der Waals surface area contributed by atoms with Crippen LogP contribution in [-0.4, -0.2) is 10.9 Å². The van der Waals surface area contributed by atoms with Crippen molar-refractivity contribution >= 4 is 28.6 Å². The van der Waals surface area contributed by atoms with E-state index in [0.29, 0.717) is 11.3 Å². The number of carbonyl (C=O) groups excluding carboxylic acids is 1. The van der Waals surface area contributed by atoms with Crippen LogP contribution < -0.4 is 5.32 Å². The van der Waals surface area contributed by atoms with Crippen molar-refractivity contribution in [2.24, 2.45) is 0 Å². The molecule has 0 fully saturated rings. The van der Waals surface area contributed by atoms with Gasteiger partial charge in [-0.3, -0.25) is 9.78 Å². The number of aromatic nitrogens is 1. The second kappa shape index (κ2) is 6.40. The third-order valence-corrected chi connectivity index (χ3v) is 3.39. The molecule has 1 heterocycles. The average molecular weight is 306 g/mol. The van der Waals surface area contributed by atoms with E-state index in [-0.39, 0.29) is 11.7 Å². The van der Waals surface area contributed by atoms with E-state index in [1.165, 1.54) is 18.2 Å². The second-order valence-corrected chi connectivity index (χ2v) is 5.21. The van der Waals surface area contributed by atoms with Crippen molar-refractivity contribution in [3.8, 4) is 0 Å². The Morgan fingerprint density at radius 3 is 2.78 bits per heavy atom. The maximum absolute atomic E-state index is 13.1. The first kappa shape index (κ1) is 14.9. The summed E-state index contributed by atoms with van der Waals surface area (Å²) in [6.07, 6.45) is 2.95. The van der Waals surface area contributed by atoms with Crippen molar-refractivity contribution in [3.63, 3.8) is 0 Å². The van der Waals surface area contributed by atoms with Crippen molar-refractivity contribution in [1.82, 2.24) is 4.98 Å². The van der Waals surface area contributed by atoms with Crippen molar-refractivity contribution in [3.05, 3.63) is 77.7 Å². The lowest BCUT2D eigenvalue weighted by Crippen LogP contribution is -2.08. The number of nitrogens with one attached hydrogen (secondary N) is 1. The zero-order chi connectivity index (χ0) is 16.2. The van der Waals surface area contributed by atoms with Gasteiger partial charge >= 0.3 is 0 Å². The Labute approximate surface area is 133 Å². The first-order valence-corrected chi connectivity index (χ1v) is 7.23. The number of halogens is 1. The minimum Gasteiger partial charge on any atom is -0.321 e. The molecule has 4 heteroatoms. The third kappa shape index (κ3) is 3.61. The Morgan fingerprint density at radius 2 is 1.96 bits per heavy atom. The van der Waals surface area contributed by atoms with E-state index in [2.05, 4.69) is 10.3 Å². The maximum atomic E-state index is 13.1. The van der Waals surface area contributed by atoms with Crippen LogP contribution in [0.25, 0.3) is 17.0 Å². The molecule has 1 N–H and O–H groups in total. The number of anilines is 1. The van der Waals surface area contributed by atoms with Gasteiger partial charge in [-0.1, -0.05) is 30.3 Å². The SMILES string of the molecule is Cc1ccc2cccc(NC(=O)/C=C/c3cccc(F)c3)c2n1. The normalized spacial score (nSPS) is 11.0. The van der Waals surface area contributed by atoms with Crippen LogP contribution in [-0.2, 0) is 4.79 Å². The first-order valence-electron chi connectivity index (χ1n) is 7.23. The Morgan fingerprint density at radius 1 is 1.13 bits per heavy atom. The molecule has 23 heavy (non-hydrogen) atoms. The van der Waals surface area contributed by atoms with E-state index in [9.17, 15) is 9.18 Å². The number of rotatable bonds is 3. The molecule has 0 radical (unpaired) electrons. The zero-order valence-electron chi connectivity index (χ0n) is 12.6. The minimum atomic E-state index is -0.332. The number of aryl methyl sites for hydroxylation is 1. The number of para-hydroxylation sites is 1. The predicted molar refractivity (Wildman–Crippen MR) is 90.5 cm³/mol. The van der Waals surface area contributed by atoms with E-state index in [4.69, 9.17) is 0 Å². The lowest BCUT2D eigenvalue weighted by molar-refractivity contribution is -0.111. The molecule has 3 rings (SSSR count). The fraction of sp³-hybridized carbons (Fsp3) is 0.0526. The topological polar surface area (TPSA) is 42.0 Å². The predicted octanol–water partition coefficient (Wildman–Crippen LogP) is 4.33. The number of hydrogen-bond donors (Lipinski definition) is 1. The molecule has 0 unspecified atom stereocenters. The summed E-state index contributed by atoms with van der Waals surface area (Å²) in [7, 11) is 0. The van der Waals surface area contributed by atoms with Gasteiger partial charge in [0.1, 0.15) is 5.82 Å². The van der Waals surface area contributed by atoms with Gasteiger partial charge in [0.05, 0.1) is 11.2 Å². The molecule has 114 valence electrons. The molecule has 0 saturated heterocycles. The molecular formula is C19H15FN2O. The summed E-state index contributed by atoms with van der Waals surface area (Å²) in [6.45, 7) is 1.90. The van der Waals surface area contributed by atoms with Gasteiger partial charge in [0, 0.05) is 17.2 Å². The van der Waals surface area contributed by atoms with Crippen LogP contribution in [0, 0.1) is 12.7 Å². The van der Waals surface area contributed by atoms with Crippen LogP contribution in [0.2, 0.25) is 0 Å². The number of benzene rings is 2. The molecule has 0 atom stereocenters. The number of amides is 1. The van der Waals surface area contributed by atoms with Gasteiger partial charge in [-0.05, 0) is 42.8 Å². The quantitative estimate of drug-likeness (QED) is 0.732. The fourth-order valence-corrected chi connectivity index (χ4v) is 2.30. The minimum absolute atomic E-state index is 0.287. The summed E-state index contributed by atoms with van der Waals surface area (Å²) in [5, 5.41) is 3.78. The van der Waals surface area contributed by atoms with Gasteiger partial charge in [0.15, 0.2) is 0 Å². The highest BCUT2D eigenvalue weighted by Gasteiger charge is 2.05. The van der Waals surface area contributed by atoms with Crippen LogP contribution in [0.1, 0.15) is 11.3 Å². The van der Waals surface area contributed by atoms with Crippen LogP contribution >= 0.6 is 0 Å². The van der Waals surface area contributed by atoms with Gasteiger partial charge in [0.25, 0.3) is 0 Å². The van der Waals surface area contributed by atoms with E-state index < -0.39 is 0 Å². The van der Waals surface area contributed by atoms with E-state index in [0.717, 1.165) is 16.6 Å².